The number of benzene rings is 1. The lowest BCUT2D eigenvalue weighted by Crippen LogP contribution is -2.51. The van der Waals surface area contributed by atoms with Crippen molar-refractivity contribution in [3.63, 3.8) is 0 Å². The second kappa shape index (κ2) is 9.51. The Labute approximate surface area is 188 Å². The van der Waals surface area contributed by atoms with Crippen LogP contribution in [0.3, 0.4) is 0 Å². The molecule has 1 aliphatic heterocycles. The van der Waals surface area contributed by atoms with Crippen LogP contribution in [-0.2, 0) is 20.8 Å². The summed E-state index contributed by atoms with van der Waals surface area (Å²) >= 11 is 0. The van der Waals surface area contributed by atoms with Crippen molar-refractivity contribution < 1.29 is 14.4 Å². The first-order valence-electron chi connectivity index (χ1n) is 11.3. The Kier molecular flexibility index (Phi) is 6.53. The average molecular weight is 435 g/mol. The average Bonchev–Trinajstić information content (AvgIpc) is 3.41. The highest BCUT2D eigenvalue weighted by molar-refractivity contribution is 6.08. The number of carbonyl (C=O) groups excluding carboxylic acids is 3. The van der Waals surface area contributed by atoms with Crippen molar-refractivity contribution in [2.45, 2.75) is 45.6 Å². The lowest BCUT2D eigenvalue weighted by atomic mass is 9.85. The molecule has 0 bridgehead atoms. The van der Waals surface area contributed by atoms with Gasteiger partial charge in [-0.05, 0) is 55.4 Å². The number of nitrogens with zero attached hydrogens (tertiary/aromatic N) is 3. The quantitative estimate of drug-likeness (QED) is 0.511. The molecular weight excluding hydrogens is 404 g/mol. The minimum Gasteiger partial charge on any atom is -0.354 e. The first-order chi connectivity index (χ1) is 15.5. The van der Waals surface area contributed by atoms with E-state index in [9.17, 15) is 14.4 Å². The summed E-state index contributed by atoms with van der Waals surface area (Å²) in [5.74, 6) is -1.09. The van der Waals surface area contributed by atoms with Crippen LogP contribution in [0.1, 0.15) is 38.7 Å². The lowest BCUT2D eigenvalue weighted by Gasteiger charge is -2.27. The summed E-state index contributed by atoms with van der Waals surface area (Å²) in [7, 11) is 0. The number of aromatic nitrogens is 2. The number of amides is 3. The van der Waals surface area contributed by atoms with Crippen molar-refractivity contribution in [1.82, 2.24) is 20.0 Å². The van der Waals surface area contributed by atoms with Crippen molar-refractivity contribution in [2.24, 2.45) is 17.8 Å². The maximum atomic E-state index is 13.1. The monoisotopic (exact) mass is 434 g/mol. The van der Waals surface area contributed by atoms with Gasteiger partial charge in [0.25, 0.3) is 0 Å². The van der Waals surface area contributed by atoms with E-state index in [2.05, 4.69) is 10.4 Å². The predicted molar refractivity (Wildman–Crippen MR) is 121 cm³/mol. The molecule has 7 heteroatoms. The van der Waals surface area contributed by atoms with Gasteiger partial charge in [-0.1, -0.05) is 38.1 Å². The summed E-state index contributed by atoms with van der Waals surface area (Å²) in [4.78, 5) is 40.3. The smallest absolute Gasteiger partial charge is 0.243 e. The van der Waals surface area contributed by atoms with E-state index in [1.807, 2.05) is 62.5 Å². The highest BCUT2D eigenvalue weighted by Gasteiger charge is 2.51. The van der Waals surface area contributed by atoms with Gasteiger partial charge in [-0.15, -0.1) is 0 Å². The van der Waals surface area contributed by atoms with E-state index in [1.54, 1.807) is 10.9 Å². The van der Waals surface area contributed by atoms with Gasteiger partial charge in [0.2, 0.25) is 17.7 Å². The fraction of sp³-hybridized carbons (Fsp3) is 0.440. The number of likely N-dealkylation sites (tertiary alicyclic amines) is 1. The number of imide groups is 1. The molecule has 1 aliphatic carbocycles. The third-order valence-electron chi connectivity index (χ3n) is 6.27. The van der Waals surface area contributed by atoms with Crippen LogP contribution in [0, 0.1) is 17.8 Å². The van der Waals surface area contributed by atoms with Crippen LogP contribution in [0.25, 0.3) is 5.69 Å². The number of carbonyl (C=O) groups is 3. The topological polar surface area (TPSA) is 84.3 Å². The highest BCUT2D eigenvalue weighted by Crippen LogP contribution is 2.37. The number of fused-ring (bicyclic) bond motifs is 1. The van der Waals surface area contributed by atoms with Crippen molar-refractivity contribution >= 4 is 17.7 Å². The summed E-state index contributed by atoms with van der Waals surface area (Å²) in [6.07, 6.45) is 9.84. The van der Waals surface area contributed by atoms with E-state index >= 15 is 0 Å². The van der Waals surface area contributed by atoms with Crippen LogP contribution < -0.4 is 5.32 Å². The van der Waals surface area contributed by atoms with Gasteiger partial charge in [0.15, 0.2) is 0 Å². The molecule has 1 N–H and O–H groups in total. The Morgan fingerprint density at radius 3 is 2.31 bits per heavy atom. The van der Waals surface area contributed by atoms with Gasteiger partial charge < -0.3 is 5.32 Å². The molecule has 0 radical (unpaired) electrons. The van der Waals surface area contributed by atoms with Crippen molar-refractivity contribution in [3.8, 4) is 5.69 Å². The van der Waals surface area contributed by atoms with Gasteiger partial charge in [-0.3, -0.25) is 19.3 Å². The standard InChI is InChI=1S/C25H30N4O3/c1-17(2)16-22(29-24(31)20-6-3-4-7-21(20)25(29)32)23(30)26-14-12-18-8-10-19(11-9-18)28-15-5-13-27-28/h3-5,8-11,13,15,17,20-22H,6-7,12,14,16H2,1-2H3,(H,26,30). The summed E-state index contributed by atoms with van der Waals surface area (Å²) in [5.41, 5.74) is 2.06. The van der Waals surface area contributed by atoms with Gasteiger partial charge in [0, 0.05) is 18.9 Å². The summed E-state index contributed by atoms with van der Waals surface area (Å²) < 4.78 is 1.79. The summed E-state index contributed by atoms with van der Waals surface area (Å²) in [5, 5.41) is 7.18. The van der Waals surface area contributed by atoms with Crippen molar-refractivity contribution in [3.05, 3.63) is 60.4 Å². The summed E-state index contributed by atoms with van der Waals surface area (Å²) in [6.45, 7) is 4.45. The van der Waals surface area contributed by atoms with E-state index < -0.39 is 6.04 Å². The maximum absolute atomic E-state index is 13.1. The lowest BCUT2D eigenvalue weighted by molar-refractivity contribution is -0.148. The molecule has 3 unspecified atom stereocenters. The zero-order valence-electron chi connectivity index (χ0n) is 18.6. The first kappa shape index (κ1) is 22.0. The summed E-state index contributed by atoms with van der Waals surface area (Å²) in [6, 6.07) is 9.13. The number of hydrogen-bond acceptors (Lipinski definition) is 4. The fourth-order valence-electron chi connectivity index (χ4n) is 4.59. The second-order valence-electron chi connectivity index (χ2n) is 9.01. The second-order valence-corrected chi connectivity index (χ2v) is 9.01. The van der Waals surface area contributed by atoms with Crippen molar-refractivity contribution in [1.29, 1.82) is 0 Å². The third kappa shape index (κ3) is 4.52. The largest absolute Gasteiger partial charge is 0.354 e. The van der Waals surface area contributed by atoms with Crippen LogP contribution in [0.5, 0.6) is 0 Å². The zero-order chi connectivity index (χ0) is 22.7. The Morgan fingerprint density at radius 2 is 1.75 bits per heavy atom. The molecule has 1 aromatic heterocycles. The molecule has 1 fully saturated rings. The molecule has 3 amide bonds. The van der Waals surface area contributed by atoms with Crippen LogP contribution in [-0.4, -0.2) is 45.0 Å². The van der Waals surface area contributed by atoms with E-state index in [0.717, 1.165) is 11.3 Å². The van der Waals surface area contributed by atoms with Gasteiger partial charge in [0.1, 0.15) is 6.04 Å². The number of allylic oxidation sites excluding steroid dienone is 2. The Morgan fingerprint density at radius 1 is 1.09 bits per heavy atom. The third-order valence-corrected chi connectivity index (χ3v) is 6.27. The van der Waals surface area contributed by atoms with E-state index in [-0.39, 0.29) is 35.5 Å². The Balaban J connectivity index is 1.38. The number of nitrogens with one attached hydrogen (secondary N) is 1. The number of rotatable bonds is 8. The van der Waals surface area contributed by atoms with E-state index in [1.165, 1.54) is 4.90 Å². The fourth-order valence-corrected chi connectivity index (χ4v) is 4.59. The van der Waals surface area contributed by atoms with Crippen LogP contribution in [0.2, 0.25) is 0 Å². The minimum atomic E-state index is -0.747. The highest BCUT2D eigenvalue weighted by atomic mass is 16.2. The molecule has 0 spiro atoms. The molecule has 32 heavy (non-hydrogen) atoms. The first-order valence-corrected chi connectivity index (χ1v) is 11.3. The SMILES string of the molecule is CC(C)CC(C(=O)NCCc1ccc(-n2cccn2)cc1)N1C(=O)C2CC=CCC2C1=O. The molecule has 4 rings (SSSR count). The molecule has 1 saturated heterocycles. The Bertz CT molecular complexity index is 969. The maximum Gasteiger partial charge on any atom is 0.243 e. The van der Waals surface area contributed by atoms with Crippen LogP contribution in [0.4, 0.5) is 0 Å². The Hall–Kier alpha value is -3.22. The van der Waals surface area contributed by atoms with Gasteiger partial charge in [0.05, 0.1) is 17.5 Å². The van der Waals surface area contributed by atoms with Gasteiger partial charge in [-0.25, -0.2) is 4.68 Å². The van der Waals surface area contributed by atoms with Gasteiger partial charge >= 0.3 is 0 Å². The van der Waals surface area contributed by atoms with Crippen molar-refractivity contribution in [2.75, 3.05) is 6.54 Å². The van der Waals surface area contributed by atoms with Crippen LogP contribution in [0.15, 0.2) is 54.9 Å². The van der Waals surface area contributed by atoms with E-state index in [4.69, 9.17) is 0 Å². The van der Waals surface area contributed by atoms with Crippen LogP contribution >= 0.6 is 0 Å². The van der Waals surface area contributed by atoms with E-state index in [0.29, 0.717) is 32.2 Å². The normalized spacial score (nSPS) is 21.2. The molecule has 3 atom stereocenters. The molecule has 0 saturated carbocycles. The molecular formula is C25H30N4O3. The predicted octanol–water partition coefficient (Wildman–Crippen LogP) is 2.90. The molecule has 2 heterocycles. The molecule has 2 aromatic rings. The number of hydrogen-bond donors (Lipinski definition) is 1. The zero-order valence-corrected chi connectivity index (χ0v) is 18.6. The van der Waals surface area contributed by atoms with Gasteiger partial charge in [-0.2, -0.15) is 5.10 Å². The molecule has 168 valence electrons. The minimum absolute atomic E-state index is 0.182. The molecule has 2 aliphatic rings. The molecule has 1 aromatic carbocycles. The molecule has 7 nitrogen and oxygen atoms in total.